The van der Waals surface area contributed by atoms with E-state index in [4.69, 9.17) is 21.1 Å². The largest absolute Gasteiger partial charge is 0.490 e. The number of benzene rings is 2. The first-order valence-corrected chi connectivity index (χ1v) is 19.7. The molecule has 0 saturated heterocycles. The summed E-state index contributed by atoms with van der Waals surface area (Å²) >= 11 is 6.42. The molecule has 2 aliphatic heterocycles. The smallest absolute Gasteiger partial charge is 0.394 e. The average Bonchev–Trinajstić information content (AvgIpc) is 3.17. The third-order valence-corrected chi connectivity index (χ3v) is 13.5. The van der Waals surface area contributed by atoms with Gasteiger partial charge in [-0.3, -0.25) is 9.59 Å². The van der Waals surface area contributed by atoms with Crippen molar-refractivity contribution in [1.82, 2.24) is 0 Å². The molecule has 1 amide bonds. The van der Waals surface area contributed by atoms with Gasteiger partial charge < -0.3 is 14.4 Å². The first kappa shape index (κ1) is 36.9. The lowest BCUT2D eigenvalue weighted by Gasteiger charge is -2.46. The van der Waals surface area contributed by atoms with Gasteiger partial charge in [0.05, 0.1) is 39.3 Å². The Labute approximate surface area is 298 Å². The summed E-state index contributed by atoms with van der Waals surface area (Å²) in [5, 5.41) is 0.703. The van der Waals surface area contributed by atoms with Crippen molar-refractivity contribution in [2.45, 2.75) is 82.9 Å². The number of ether oxygens (including phenoxy) is 2. The normalized spacial score (nSPS) is 29.5. The van der Waals surface area contributed by atoms with Gasteiger partial charge in [0.25, 0.3) is 5.91 Å². The lowest BCUT2D eigenvalue weighted by atomic mass is 9.68. The van der Waals surface area contributed by atoms with Crippen LogP contribution in [0.4, 0.5) is 18.9 Å². The molecular formula is C38H46ClF3N2O5S. The van der Waals surface area contributed by atoms with Crippen LogP contribution in [0.2, 0.25) is 5.02 Å². The molecule has 12 heteroatoms. The molecule has 0 radical (unpaired) electrons. The van der Waals surface area contributed by atoms with Gasteiger partial charge in [-0.05, 0) is 98.2 Å². The monoisotopic (exact) mass is 734 g/mol. The highest BCUT2D eigenvalue weighted by atomic mass is 35.5. The number of rotatable bonds is 5. The molecule has 1 fully saturated rings. The molecule has 50 heavy (non-hydrogen) atoms. The Kier molecular flexibility index (Phi) is 10.5. The fourth-order valence-corrected chi connectivity index (χ4v) is 10.2. The number of Topliss-reactive ketones (excluding diaryl/α,β-unsaturated/α-hetero) is 1. The van der Waals surface area contributed by atoms with Crippen LogP contribution >= 0.6 is 11.6 Å². The van der Waals surface area contributed by atoms with Crippen molar-refractivity contribution in [1.29, 1.82) is 0 Å². The molecule has 0 N–H and O–H groups in total. The van der Waals surface area contributed by atoms with Crippen molar-refractivity contribution < 1.29 is 36.4 Å². The van der Waals surface area contributed by atoms with E-state index in [9.17, 15) is 27.0 Å². The quantitative estimate of drug-likeness (QED) is 0.287. The first-order valence-electron chi connectivity index (χ1n) is 17.5. The van der Waals surface area contributed by atoms with E-state index in [0.29, 0.717) is 49.2 Å². The van der Waals surface area contributed by atoms with Crippen molar-refractivity contribution in [2.24, 2.45) is 21.6 Å². The lowest BCUT2D eigenvalue weighted by molar-refractivity contribution is -0.213. The van der Waals surface area contributed by atoms with Crippen molar-refractivity contribution in [3.05, 3.63) is 70.3 Å². The second kappa shape index (κ2) is 14.3. The number of aryl methyl sites for hydroxylation is 1. The zero-order valence-electron chi connectivity index (χ0n) is 28.9. The standard InChI is InChI=1S/C38H46ClF3N2O5S/c1-36(2,38(40,41)42)20-29(45)22-50(47)17-6-4-5-9-33(48-3)30-13-10-27(30)21-44-23-37(16-7-8-25-18-28(39)12-14-31(25)37)24-49-34-15-11-26(19-32(34)44)35(46)43-50/h5,9,11-12,14-15,18-19,27,30,33H,4,6-8,10,13,16-17,20-24H2,1-3H3/b9-5+/t27-,30+,33-,37-,50+/m0/s1. The average molecular weight is 735 g/mol. The lowest BCUT2D eigenvalue weighted by Crippen LogP contribution is -2.49. The minimum Gasteiger partial charge on any atom is -0.490 e. The second-order valence-corrected chi connectivity index (χ2v) is 18.0. The van der Waals surface area contributed by atoms with Crippen molar-refractivity contribution >= 4 is 38.7 Å². The van der Waals surface area contributed by atoms with E-state index < -0.39 is 45.2 Å². The Bertz CT molecular complexity index is 1790. The topological polar surface area (TPSA) is 85.3 Å². The molecule has 0 unspecified atom stereocenters. The highest BCUT2D eigenvalue weighted by Crippen LogP contribution is 2.47. The third kappa shape index (κ3) is 7.65. The van der Waals surface area contributed by atoms with E-state index in [-0.39, 0.29) is 28.8 Å². The number of alkyl halides is 3. The van der Waals surface area contributed by atoms with E-state index in [1.807, 2.05) is 24.3 Å². The number of nitrogens with zero attached hydrogens (tertiary/aromatic N) is 2. The molecule has 272 valence electrons. The van der Waals surface area contributed by atoms with E-state index >= 15 is 0 Å². The van der Waals surface area contributed by atoms with Crippen LogP contribution < -0.4 is 9.64 Å². The summed E-state index contributed by atoms with van der Waals surface area (Å²) in [5.74, 6) is -1.18. The van der Waals surface area contributed by atoms with Crippen LogP contribution in [0.1, 0.15) is 80.3 Å². The van der Waals surface area contributed by atoms with Gasteiger partial charge in [0.15, 0.2) is 0 Å². The number of halogens is 4. The summed E-state index contributed by atoms with van der Waals surface area (Å²) in [7, 11) is -1.82. The van der Waals surface area contributed by atoms with Gasteiger partial charge in [-0.1, -0.05) is 43.7 Å². The van der Waals surface area contributed by atoms with Crippen LogP contribution in [-0.4, -0.2) is 66.5 Å². The molecule has 2 aromatic carbocycles. The Hall–Kier alpha value is -2.89. The minimum atomic E-state index is -4.62. The molecule has 0 aromatic heterocycles. The summed E-state index contributed by atoms with van der Waals surface area (Å²) < 4.78 is 71.6. The SMILES string of the molecule is CO[C@H]1/C=C/CCC[S@@](=O)(CC(=O)CC(C)(C)C(F)(F)F)=NC(=O)c2ccc3c(c2)N(C[C@@H]2CC[C@H]21)C[C@@]1(CCCc2cc(Cl)ccc21)CO3. The number of amides is 1. The molecule has 2 aliphatic carbocycles. The van der Waals surface area contributed by atoms with Crippen LogP contribution in [-0.2, 0) is 31.1 Å². The van der Waals surface area contributed by atoms with Crippen LogP contribution in [0.3, 0.4) is 0 Å². The van der Waals surface area contributed by atoms with Crippen LogP contribution in [0.5, 0.6) is 5.75 Å². The van der Waals surface area contributed by atoms with Crippen LogP contribution in [0.25, 0.3) is 0 Å². The number of methoxy groups -OCH3 is 1. The molecule has 2 heterocycles. The van der Waals surface area contributed by atoms with Gasteiger partial charge in [-0.25, -0.2) is 4.21 Å². The molecule has 1 saturated carbocycles. The number of carbonyl (C=O) groups excluding carboxylic acids is 2. The summed E-state index contributed by atoms with van der Waals surface area (Å²) in [6, 6.07) is 11.2. The summed E-state index contributed by atoms with van der Waals surface area (Å²) in [4.78, 5) is 29.1. The molecule has 4 aliphatic rings. The highest BCUT2D eigenvalue weighted by Gasteiger charge is 2.48. The Morgan fingerprint density at radius 3 is 2.68 bits per heavy atom. The number of fused-ring (bicyclic) bond motifs is 4. The second-order valence-electron chi connectivity index (χ2n) is 15.2. The maximum Gasteiger partial charge on any atom is 0.394 e. The van der Waals surface area contributed by atoms with Gasteiger partial charge in [-0.15, -0.1) is 0 Å². The van der Waals surface area contributed by atoms with Gasteiger partial charge in [-0.2, -0.15) is 17.5 Å². The number of hydrogen-bond acceptors (Lipinski definition) is 6. The Balaban J connectivity index is 1.40. The van der Waals surface area contributed by atoms with Crippen molar-refractivity contribution in [3.63, 3.8) is 0 Å². The number of ketones is 1. The predicted molar refractivity (Wildman–Crippen MR) is 190 cm³/mol. The minimum absolute atomic E-state index is 0.100. The molecule has 1 spiro atoms. The number of anilines is 1. The Morgan fingerprint density at radius 1 is 1.16 bits per heavy atom. The van der Waals surface area contributed by atoms with Gasteiger partial charge in [0.1, 0.15) is 11.5 Å². The molecule has 2 aromatic rings. The molecule has 2 bridgehead atoms. The fourth-order valence-electron chi connectivity index (χ4n) is 8.09. The summed E-state index contributed by atoms with van der Waals surface area (Å²) in [6.45, 7) is 3.70. The molecule has 6 rings (SSSR count). The zero-order chi connectivity index (χ0) is 35.9. The first-order chi connectivity index (χ1) is 23.6. The number of allylic oxidation sites excluding steroid dienone is 1. The predicted octanol–water partition coefficient (Wildman–Crippen LogP) is 8.36. The molecular weight excluding hydrogens is 689 g/mol. The maximum absolute atomic E-state index is 14.2. The maximum atomic E-state index is 14.2. The van der Waals surface area contributed by atoms with E-state index in [2.05, 4.69) is 15.3 Å². The number of hydrogen-bond donors (Lipinski definition) is 0. The summed E-state index contributed by atoms with van der Waals surface area (Å²) in [5.41, 5.74) is 0.748. The van der Waals surface area contributed by atoms with Crippen LogP contribution in [0.15, 0.2) is 52.9 Å². The van der Waals surface area contributed by atoms with Crippen molar-refractivity contribution in [3.8, 4) is 5.75 Å². The van der Waals surface area contributed by atoms with E-state index in [1.54, 1.807) is 25.3 Å². The van der Waals surface area contributed by atoms with Gasteiger partial charge in [0, 0.05) is 48.4 Å². The Morgan fingerprint density at radius 2 is 1.96 bits per heavy atom. The zero-order valence-corrected chi connectivity index (χ0v) is 30.5. The number of carbonyl (C=O) groups is 2. The van der Waals surface area contributed by atoms with Gasteiger partial charge in [0.2, 0.25) is 0 Å². The third-order valence-electron chi connectivity index (χ3n) is 11.1. The molecule has 5 atom stereocenters. The van der Waals surface area contributed by atoms with Crippen molar-refractivity contribution in [2.75, 3.05) is 43.2 Å². The highest BCUT2D eigenvalue weighted by molar-refractivity contribution is 7.94. The van der Waals surface area contributed by atoms with E-state index in [0.717, 1.165) is 51.6 Å². The molecule has 7 nitrogen and oxygen atoms in total. The van der Waals surface area contributed by atoms with Crippen LogP contribution in [0, 0.1) is 17.3 Å². The summed E-state index contributed by atoms with van der Waals surface area (Å²) in [6.07, 6.45) is 4.14. The van der Waals surface area contributed by atoms with E-state index in [1.165, 1.54) is 11.1 Å². The fraction of sp³-hybridized carbons (Fsp3) is 0.579. The van der Waals surface area contributed by atoms with Gasteiger partial charge >= 0.3 is 6.18 Å².